The van der Waals surface area contributed by atoms with Gasteiger partial charge in [0.2, 0.25) is 0 Å². The second-order valence-corrected chi connectivity index (χ2v) is 5.41. The van der Waals surface area contributed by atoms with Crippen molar-refractivity contribution in [1.29, 1.82) is 0 Å². The number of ether oxygens (including phenoxy) is 1. The van der Waals surface area contributed by atoms with Crippen molar-refractivity contribution in [2.45, 2.75) is 32.7 Å². The van der Waals surface area contributed by atoms with E-state index in [1.54, 1.807) is 0 Å². The summed E-state index contributed by atoms with van der Waals surface area (Å²) in [7, 11) is 0. The summed E-state index contributed by atoms with van der Waals surface area (Å²) in [6.45, 7) is 4.09. The van der Waals surface area contributed by atoms with E-state index < -0.39 is 0 Å². The van der Waals surface area contributed by atoms with Gasteiger partial charge in [0.25, 0.3) is 0 Å². The van der Waals surface area contributed by atoms with Crippen LogP contribution in [0.5, 0.6) is 11.5 Å². The number of hydrogen-bond acceptors (Lipinski definition) is 2. The number of aryl methyl sites for hydroxylation is 1. The maximum Gasteiger partial charge on any atom is 0.132 e. The van der Waals surface area contributed by atoms with Gasteiger partial charge in [-0.2, -0.15) is 0 Å². The molecule has 1 unspecified atom stereocenters. The quantitative estimate of drug-likeness (QED) is 0.874. The van der Waals surface area contributed by atoms with Crippen LogP contribution in [0.25, 0.3) is 0 Å². The SMILES string of the molecule is CCc1cccc(Oc2cccc(Cl)c2CC(C)N)c1. The summed E-state index contributed by atoms with van der Waals surface area (Å²) in [5, 5.41) is 0.700. The molecule has 0 aliphatic carbocycles. The Hall–Kier alpha value is -1.51. The Kier molecular flexibility index (Phi) is 5.05. The topological polar surface area (TPSA) is 35.2 Å². The average molecular weight is 290 g/mol. The molecule has 0 heterocycles. The van der Waals surface area contributed by atoms with Crippen molar-refractivity contribution in [3.8, 4) is 11.5 Å². The maximum absolute atomic E-state index is 6.26. The van der Waals surface area contributed by atoms with Crippen LogP contribution in [0.1, 0.15) is 25.0 Å². The summed E-state index contributed by atoms with van der Waals surface area (Å²) in [6, 6.07) is 13.8. The highest BCUT2D eigenvalue weighted by molar-refractivity contribution is 6.31. The van der Waals surface area contributed by atoms with Crippen molar-refractivity contribution in [2.75, 3.05) is 0 Å². The van der Waals surface area contributed by atoms with Crippen LogP contribution in [0.3, 0.4) is 0 Å². The van der Waals surface area contributed by atoms with Crippen molar-refractivity contribution in [3.05, 3.63) is 58.6 Å². The predicted octanol–water partition coefficient (Wildman–Crippen LogP) is 4.58. The number of rotatable bonds is 5. The normalized spacial score (nSPS) is 12.2. The molecule has 0 aliphatic rings. The molecule has 0 saturated heterocycles. The molecule has 106 valence electrons. The zero-order chi connectivity index (χ0) is 14.5. The van der Waals surface area contributed by atoms with Crippen molar-refractivity contribution < 1.29 is 4.74 Å². The highest BCUT2D eigenvalue weighted by atomic mass is 35.5. The average Bonchev–Trinajstić information content (AvgIpc) is 2.42. The van der Waals surface area contributed by atoms with E-state index in [0.29, 0.717) is 11.4 Å². The third-order valence-corrected chi connectivity index (χ3v) is 3.49. The van der Waals surface area contributed by atoms with E-state index in [1.807, 2.05) is 37.3 Å². The van der Waals surface area contributed by atoms with Gasteiger partial charge in [-0.3, -0.25) is 0 Å². The van der Waals surface area contributed by atoms with Crippen LogP contribution in [0.15, 0.2) is 42.5 Å². The summed E-state index contributed by atoms with van der Waals surface area (Å²) < 4.78 is 5.99. The molecule has 3 heteroatoms. The van der Waals surface area contributed by atoms with Crippen LogP contribution in [0.2, 0.25) is 5.02 Å². The van der Waals surface area contributed by atoms with Crippen molar-refractivity contribution in [1.82, 2.24) is 0 Å². The number of halogens is 1. The molecule has 2 rings (SSSR count). The third kappa shape index (κ3) is 3.75. The minimum absolute atomic E-state index is 0.0410. The summed E-state index contributed by atoms with van der Waals surface area (Å²) in [5.41, 5.74) is 8.10. The van der Waals surface area contributed by atoms with Gasteiger partial charge < -0.3 is 10.5 Å². The standard InChI is InChI=1S/C17H20ClNO/c1-3-13-6-4-7-14(11-13)20-17-9-5-8-16(18)15(17)10-12(2)19/h4-9,11-12H,3,10,19H2,1-2H3. The summed E-state index contributed by atoms with van der Waals surface area (Å²) in [4.78, 5) is 0. The first-order valence-corrected chi connectivity index (χ1v) is 7.27. The van der Waals surface area contributed by atoms with E-state index >= 15 is 0 Å². The van der Waals surface area contributed by atoms with E-state index in [4.69, 9.17) is 22.1 Å². The Labute approximate surface area is 125 Å². The van der Waals surface area contributed by atoms with E-state index in [1.165, 1.54) is 5.56 Å². The van der Waals surface area contributed by atoms with Gasteiger partial charge >= 0.3 is 0 Å². The highest BCUT2D eigenvalue weighted by Crippen LogP contribution is 2.31. The molecular formula is C17H20ClNO. The number of nitrogens with two attached hydrogens (primary N) is 1. The molecule has 0 aliphatic heterocycles. The Morgan fingerprint density at radius 3 is 2.65 bits per heavy atom. The monoisotopic (exact) mass is 289 g/mol. The molecule has 0 spiro atoms. The second kappa shape index (κ2) is 6.78. The molecule has 2 aromatic rings. The van der Waals surface area contributed by atoms with E-state index in [9.17, 15) is 0 Å². The van der Waals surface area contributed by atoms with E-state index in [0.717, 1.165) is 23.5 Å². The molecule has 20 heavy (non-hydrogen) atoms. The fraction of sp³-hybridized carbons (Fsp3) is 0.294. The molecule has 1 atom stereocenters. The molecule has 0 aromatic heterocycles. The fourth-order valence-corrected chi connectivity index (χ4v) is 2.35. The Balaban J connectivity index is 2.30. The number of benzene rings is 2. The van der Waals surface area contributed by atoms with Gasteiger partial charge in [0.15, 0.2) is 0 Å². The Morgan fingerprint density at radius 2 is 1.95 bits per heavy atom. The molecule has 0 radical (unpaired) electrons. The van der Waals surface area contributed by atoms with Gasteiger partial charge in [-0.15, -0.1) is 0 Å². The molecule has 2 N–H and O–H groups in total. The lowest BCUT2D eigenvalue weighted by atomic mass is 10.1. The van der Waals surface area contributed by atoms with Crippen molar-refractivity contribution in [2.24, 2.45) is 5.73 Å². The van der Waals surface area contributed by atoms with Gasteiger partial charge in [-0.25, -0.2) is 0 Å². The van der Waals surface area contributed by atoms with Gasteiger partial charge in [-0.1, -0.05) is 36.7 Å². The summed E-state index contributed by atoms with van der Waals surface area (Å²) >= 11 is 6.26. The van der Waals surface area contributed by atoms with Crippen LogP contribution >= 0.6 is 11.6 Å². The highest BCUT2D eigenvalue weighted by Gasteiger charge is 2.11. The number of hydrogen-bond donors (Lipinski definition) is 1. The first kappa shape index (κ1) is 14.9. The van der Waals surface area contributed by atoms with Crippen molar-refractivity contribution >= 4 is 11.6 Å². The molecule has 2 nitrogen and oxygen atoms in total. The van der Waals surface area contributed by atoms with Gasteiger partial charge in [0.05, 0.1) is 0 Å². The predicted molar refractivity (Wildman–Crippen MR) is 84.7 cm³/mol. The van der Waals surface area contributed by atoms with Crippen LogP contribution in [-0.4, -0.2) is 6.04 Å². The molecule has 0 fully saturated rings. The maximum atomic E-state index is 6.26. The first-order chi connectivity index (χ1) is 9.60. The van der Waals surface area contributed by atoms with Gasteiger partial charge in [0, 0.05) is 16.6 Å². The van der Waals surface area contributed by atoms with Gasteiger partial charge in [0.1, 0.15) is 11.5 Å². The summed E-state index contributed by atoms with van der Waals surface area (Å²) in [6.07, 6.45) is 1.68. The molecule has 0 amide bonds. The largest absolute Gasteiger partial charge is 0.457 e. The van der Waals surface area contributed by atoms with Crippen LogP contribution in [0, 0.1) is 0 Å². The second-order valence-electron chi connectivity index (χ2n) is 5.00. The first-order valence-electron chi connectivity index (χ1n) is 6.90. The minimum atomic E-state index is 0.0410. The smallest absolute Gasteiger partial charge is 0.132 e. The van der Waals surface area contributed by atoms with E-state index in [-0.39, 0.29) is 6.04 Å². The molecule has 0 bridgehead atoms. The Morgan fingerprint density at radius 1 is 1.20 bits per heavy atom. The zero-order valence-electron chi connectivity index (χ0n) is 11.9. The molecule has 0 saturated carbocycles. The Bertz CT molecular complexity index is 581. The summed E-state index contributed by atoms with van der Waals surface area (Å²) in [5.74, 6) is 1.61. The third-order valence-electron chi connectivity index (χ3n) is 3.14. The lowest BCUT2D eigenvalue weighted by molar-refractivity contribution is 0.473. The minimum Gasteiger partial charge on any atom is -0.457 e. The molecular weight excluding hydrogens is 270 g/mol. The van der Waals surface area contributed by atoms with E-state index in [2.05, 4.69) is 19.1 Å². The lowest BCUT2D eigenvalue weighted by Gasteiger charge is -2.14. The zero-order valence-corrected chi connectivity index (χ0v) is 12.7. The fourth-order valence-electron chi connectivity index (χ4n) is 2.11. The van der Waals surface area contributed by atoms with Crippen LogP contribution in [-0.2, 0) is 12.8 Å². The lowest BCUT2D eigenvalue weighted by Crippen LogP contribution is -2.18. The van der Waals surface area contributed by atoms with Crippen LogP contribution < -0.4 is 10.5 Å². The molecule has 2 aromatic carbocycles. The van der Waals surface area contributed by atoms with Crippen molar-refractivity contribution in [3.63, 3.8) is 0 Å². The van der Waals surface area contributed by atoms with Gasteiger partial charge in [-0.05, 0) is 49.6 Å². The van der Waals surface area contributed by atoms with Crippen LogP contribution in [0.4, 0.5) is 0 Å².